The van der Waals surface area contributed by atoms with Crippen LogP contribution in [0.1, 0.15) is 43.9 Å². The number of halogens is 1. The predicted octanol–water partition coefficient (Wildman–Crippen LogP) is 3.49. The summed E-state index contributed by atoms with van der Waals surface area (Å²) in [6, 6.07) is 4.09. The number of hydrogen-bond donors (Lipinski definition) is 1. The highest BCUT2D eigenvalue weighted by atomic mass is 79.9. The zero-order valence-electron chi connectivity index (χ0n) is 10.5. The molecule has 0 aliphatic heterocycles. The van der Waals surface area contributed by atoms with Crippen molar-refractivity contribution in [1.82, 2.24) is 9.78 Å². The molecular formula is C13H17BrN2O2. The van der Waals surface area contributed by atoms with Crippen molar-refractivity contribution in [3.63, 3.8) is 0 Å². The average Bonchev–Trinajstić information content (AvgIpc) is 2.97. The zero-order valence-corrected chi connectivity index (χ0v) is 12.1. The van der Waals surface area contributed by atoms with Gasteiger partial charge in [-0.2, -0.15) is 5.10 Å². The second kappa shape index (κ2) is 5.71. The lowest BCUT2D eigenvalue weighted by Gasteiger charge is -2.09. The van der Waals surface area contributed by atoms with E-state index in [-0.39, 0.29) is 0 Å². The van der Waals surface area contributed by atoms with Crippen LogP contribution >= 0.6 is 15.9 Å². The molecule has 0 spiro atoms. The topological polar surface area (TPSA) is 51.2 Å². The SMILES string of the molecule is CCC(C)n1ccc(CC(O)c2occc2Br)n1. The van der Waals surface area contributed by atoms with Crippen molar-refractivity contribution in [2.75, 3.05) is 0 Å². The normalized spacial score (nSPS) is 14.7. The minimum absolute atomic E-state index is 0.381. The second-order valence-corrected chi connectivity index (χ2v) is 5.25. The van der Waals surface area contributed by atoms with Gasteiger partial charge in [0.15, 0.2) is 0 Å². The van der Waals surface area contributed by atoms with Gasteiger partial charge in [0.2, 0.25) is 0 Å². The van der Waals surface area contributed by atoms with Gasteiger partial charge in [0, 0.05) is 18.7 Å². The smallest absolute Gasteiger partial charge is 0.146 e. The number of rotatable bonds is 5. The van der Waals surface area contributed by atoms with Gasteiger partial charge in [-0.15, -0.1) is 0 Å². The summed E-state index contributed by atoms with van der Waals surface area (Å²) in [5.74, 6) is 0.549. The molecule has 2 heterocycles. The maximum atomic E-state index is 10.1. The number of aliphatic hydroxyl groups is 1. The maximum Gasteiger partial charge on any atom is 0.146 e. The van der Waals surface area contributed by atoms with E-state index in [9.17, 15) is 5.11 Å². The van der Waals surface area contributed by atoms with Crippen LogP contribution in [0.15, 0.2) is 33.5 Å². The Balaban J connectivity index is 2.06. The molecule has 0 aliphatic carbocycles. The number of nitrogens with zero attached hydrogens (tertiary/aromatic N) is 2. The summed E-state index contributed by atoms with van der Waals surface area (Å²) in [5.41, 5.74) is 0.867. The molecule has 0 aliphatic rings. The summed E-state index contributed by atoms with van der Waals surface area (Å²) in [4.78, 5) is 0. The van der Waals surface area contributed by atoms with E-state index < -0.39 is 6.10 Å². The highest BCUT2D eigenvalue weighted by Crippen LogP contribution is 2.26. The van der Waals surface area contributed by atoms with Gasteiger partial charge in [0.25, 0.3) is 0 Å². The van der Waals surface area contributed by atoms with E-state index in [2.05, 4.69) is 34.9 Å². The number of aromatic nitrogens is 2. The molecule has 0 fully saturated rings. The Bertz CT molecular complexity index is 507. The number of furan rings is 1. The van der Waals surface area contributed by atoms with Crippen LogP contribution in [0, 0.1) is 0 Å². The summed E-state index contributed by atoms with van der Waals surface area (Å²) in [5, 5.41) is 14.5. The Morgan fingerprint density at radius 1 is 1.50 bits per heavy atom. The summed E-state index contributed by atoms with van der Waals surface area (Å²) in [7, 11) is 0. The molecule has 0 amide bonds. The monoisotopic (exact) mass is 312 g/mol. The molecule has 2 aromatic rings. The molecule has 0 aromatic carbocycles. The fraction of sp³-hybridized carbons (Fsp3) is 0.462. The van der Waals surface area contributed by atoms with E-state index in [0.29, 0.717) is 18.2 Å². The maximum absolute atomic E-state index is 10.1. The molecule has 98 valence electrons. The van der Waals surface area contributed by atoms with E-state index in [0.717, 1.165) is 16.6 Å². The predicted molar refractivity (Wildman–Crippen MR) is 72.3 cm³/mol. The van der Waals surface area contributed by atoms with Crippen LogP contribution in [-0.4, -0.2) is 14.9 Å². The Morgan fingerprint density at radius 2 is 2.28 bits per heavy atom. The lowest BCUT2D eigenvalue weighted by atomic mass is 10.1. The van der Waals surface area contributed by atoms with Gasteiger partial charge in [-0.1, -0.05) is 6.92 Å². The van der Waals surface area contributed by atoms with Crippen molar-refractivity contribution >= 4 is 15.9 Å². The van der Waals surface area contributed by atoms with Crippen LogP contribution in [0.25, 0.3) is 0 Å². The number of hydrogen-bond acceptors (Lipinski definition) is 3. The van der Waals surface area contributed by atoms with Gasteiger partial charge in [-0.05, 0) is 41.4 Å². The van der Waals surface area contributed by atoms with Crippen molar-refractivity contribution in [2.45, 2.75) is 38.8 Å². The summed E-state index contributed by atoms with van der Waals surface area (Å²) in [6.45, 7) is 4.25. The largest absolute Gasteiger partial charge is 0.465 e. The van der Waals surface area contributed by atoms with Crippen LogP contribution in [0.3, 0.4) is 0 Å². The van der Waals surface area contributed by atoms with Gasteiger partial charge < -0.3 is 9.52 Å². The van der Waals surface area contributed by atoms with E-state index in [1.165, 1.54) is 0 Å². The van der Waals surface area contributed by atoms with Gasteiger partial charge in [-0.3, -0.25) is 4.68 Å². The minimum atomic E-state index is -0.672. The third-order valence-corrected chi connectivity index (χ3v) is 3.71. The first-order valence-corrected chi connectivity index (χ1v) is 6.86. The molecule has 2 rings (SSSR count). The minimum Gasteiger partial charge on any atom is -0.465 e. The third kappa shape index (κ3) is 2.84. The quantitative estimate of drug-likeness (QED) is 0.919. The third-order valence-electron chi connectivity index (χ3n) is 3.06. The van der Waals surface area contributed by atoms with Gasteiger partial charge >= 0.3 is 0 Å². The molecule has 0 radical (unpaired) electrons. The molecular weight excluding hydrogens is 296 g/mol. The van der Waals surface area contributed by atoms with Crippen molar-refractivity contribution in [3.8, 4) is 0 Å². The van der Waals surface area contributed by atoms with E-state index >= 15 is 0 Å². The molecule has 0 bridgehead atoms. The lowest BCUT2D eigenvalue weighted by molar-refractivity contribution is 0.147. The fourth-order valence-corrected chi connectivity index (χ4v) is 2.22. The Kier molecular flexibility index (Phi) is 4.24. The zero-order chi connectivity index (χ0) is 13.1. The first-order chi connectivity index (χ1) is 8.61. The standard InChI is InChI=1S/C13H17BrN2O2/c1-3-9(2)16-6-4-10(15-16)8-12(17)13-11(14)5-7-18-13/h4-7,9,12,17H,3,8H2,1-2H3. The molecule has 5 heteroatoms. The lowest BCUT2D eigenvalue weighted by Crippen LogP contribution is -2.06. The Morgan fingerprint density at radius 3 is 2.89 bits per heavy atom. The summed E-state index contributed by atoms with van der Waals surface area (Å²) >= 11 is 3.34. The van der Waals surface area contributed by atoms with Gasteiger partial charge in [0.05, 0.1) is 16.4 Å². The van der Waals surface area contributed by atoms with Crippen LogP contribution in [0.2, 0.25) is 0 Å². The first kappa shape index (κ1) is 13.4. The van der Waals surface area contributed by atoms with Gasteiger partial charge in [-0.25, -0.2) is 0 Å². The molecule has 18 heavy (non-hydrogen) atoms. The molecule has 2 atom stereocenters. The molecule has 0 saturated carbocycles. The summed E-state index contributed by atoms with van der Waals surface area (Å²) in [6.07, 6.45) is 4.33. The average molecular weight is 313 g/mol. The van der Waals surface area contributed by atoms with Crippen molar-refractivity contribution in [1.29, 1.82) is 0 Å². The highest BCUT2D eigenvalue weighted by Gasteiger charge is 2.17. The number of aliphatic hydroxyl groups excluding tert-OH is 1. The van der Waals surface area contributed by atoms with Crippen LogP contribution in [0.4, 0.5) is 0 Å². The van der Waals surface area contributed by atoms with Gasteiger partial charge in [0.1, 0.15) is 11.9 Å². The Labute approximate surface area is 115 Å². The second-order valence-electron chi connectivity index (χ2n) is 4.40. The fourth-order valence-electron chi connectivity index (χ4n) is 1.75. The van der Waals surface area contributed by atoms with Crippen molar-refractivity contribution < 1.29 is 9.52 Å². The molecule has 0 saturated heterocycles. The van der Waals surface area contributed by atoms with Crippen LogP contribution in [-0.2, 0) is 6.42 Å². The molecule has 1 N–H and O–H groups in total. The van der Waals surface area contributed by atoms with E-state index in [1.807, 2.05) is 16.9 Å². The summed E-state index contributed by atoms with van der Waals surface area (Å²) < 4.78 is 7.96. The molecule has 2 unspecified atom stereocenters. The highest BCUT2D eigenvalue weighted by molar-refractivity contribution is 9.10. The Hall–Kier alpha value is -1.07. The van der Waals surface area contributed by atoms with Crippen LogP contribution < -0.4 is 0 Å². The van der Waals surface area contributed by atoms with Crippen molar-refractivity contribution in [2.24, 2.45) is 0 Å². The molecule has 2 aromatic heterocycles. The molecule has 4 nitrogen and oxygen atoms in total. The first-order valence-electron chi connectivity index (χ1n) is 6.06. The van der Waals surface area contributed by atoms with E-state index in [1.54, 1.807) is 12.3 Å². The van der Waals surface area contributed by atoms with E-state index in [4.69, 9.17) is 4.42 Å². The van der Waals surface area contributed by atoms with Crippen molar-refractivity contribution in [3.05, 3.63) is 40.5 Å². The van der Waals surface area contributed by atoms with Crippen LogP contribution in [0.5, 0.6) is 0 Å².